The van der Waals surface area contributed by atoms with E-state index in [1.165, 1.54) is 0 Å². The Kier molecular flexibility index (Phi) is 3.12. The van der Waals surface area contributed by atoms with Crippen LogP contribution in [0.3, 0.4) is 0 Å². The Balaban J connectivity index is 1.62. The van der Waals surface area contributed by atoms with Crippen LogP contribution in [0.1, 0.15) is 19.8 Å². The van der Waals surface area contributed by atoms with Gasteiger partial charge >= 0.3 is 0 Å². The highest BCUT2D eigenvalue weighted by Gasteiger charge is 2.59. The van der Waals surface area contributed by atoms with E-state index >= 15 is 0 Å². The van der Waals surface area contributed by atoms with Gasteiger partial charge in [0.05, 0.1) is 5.39 Å². The summed E-state index contributed by atoms with van der Waals surface area (Å²) in [6, 6.07) is 2.00. The van der Waals surface area contributed by atoms with Crippen LogP contribution < -0.4 is 4.90 Å². The summed E-state index contributed by atoms with van der Waals surface area (Å²) in [5, 5.41) is 1.03. The molecule has 6 nitrogen and oxygen atoms in total. The molecule has 2 aromatic heterocycles. The van der Waals surface area contributed by atoms with Gasteiger partial charge < -0.3 is 14.7 Å². The highest BCUT2D eigenvalue weighted by molar-refractivity contribution is 5.88. The number of aromatic amines is 1. The number of fused-ring (bicyclic) bond motifs is 1. The standard InChI is InChI=1S/C17H19N5O/c1-11-7-13(14(23)8-18-2)17(11)4-6-22(9-17)16-12-3-5-19-15(12)20-10-21-16/h3,5,10-11,13H,4,6-9H2,1H3,(H,19,20,21)/t11-,13?,17-/m0/s1. The maximum Gasteiger partial charge on any atom is 0.272 e. The lowest BCUT2D eigenvalue weighted by atomic mass is 9.51. The van der Waals surface area contributed by atoms with E-state index in [0.29, 0.717) is 5.92 Å². The Morgan fingerprint density at radius 1 is 1.57 bits per heavy atom. The van der Waals surface area contributed by atoms with Crippen molar-refractivity contribution in [3.05, 3.63) is 30.0 Å². The number of nitrogens with one attached hydrogen (secondary N) is 1. The van der Waals surface area contributed by atoms with Crippen LogP contribution in [0.2, 0.25) is 0 Å². The van der Waals surface area contributed by atoms with E-state index in [-0.39, 0.29) is 23.7 Å². The van der Waals surface area contributed by atoms with Crippen molar-refractivity contribution in [1.29, 1.82) is 0 Å². The Morgan fingerprint density at radius 2 is 2.43 bits per heavy atom. The maximum absolute atomic E-state index is 12.3. The minimum absolute atomic E-state index is 0.0225. The molecule has 1 aliphatic heterocycles. The summed E-state index contributed by atoms with van der Waals surface area (Å²) >= 11 is 0. The number of hydrogen-bond donors (Lipinski definition) is 1. The fourth-order valence-electron chi connectivity index (χ4n) is 4.48. The van der Waals surface area contributed by atoms with Crippen molar-refractivity contribution >= 4 is 22.6 Å². The van der Waals surface area contributed by atoms with Gasteiger partial charge in [-0.1, -0.05) is 6.92 Å². The third-order valence-corrected chi connectivity index (χ3v) is 5.85. The second-order valence-corrected chi connectivity index (χ2v) is 6.81. The first-order valence-electron chi connectivity index (χ1n) is 8.04. The van der Waals surface area contributed by atoms with Gasteiger partial charge in [-0.2, -0.15) is 0 Å². The molecule has 23 heavy (non-hydrogen) atoms. The van der Waals surface area contributed by atoms with Crippen LogP contribution in [0.4, 0.5) is 5.82 Å². The monoisotopic (exact) mass is 309 g/mol. The van der Waals surface area contributed by atoms with Gasteiger partial charge in [-0.3, -0.25) is 4.79 Å². The molecule has 1 N–H and O–H groups in total. The molecule has 1 aliphatic carbocycles. The van der Waals surface area contributed by atoms with E-state index in [9.17, 15) is 4.79 Å². The molecule has 3 atom stereocenters. The minimum atomic E-state index is 0.0225. The van der Waals surface area contributed by atoms with Crippen molar-refractivity contribution in [2.45, 2.75) is 19.8 Å². The smallest absolute Gasteiger partial charge is 0.272 e. The van der Waals surface area contributed by atoms with Gasteiger partial charge in [0.15, 0.2) is 0 Å². The van der Waals surface area contributed by atoms with Gasteiger partial charge in [-0.25, -0.2) is 16.5 Å². The Morgan fingerprint density at radius 3 is 3.22 bits per heavy atom. The summed E-state index contributed by atoms with van der Waals surface area (Å²) in [4.78, 5) is 29.7. The predicted molar refractivity (Wildman–Crippen MR) is 86.9 cm³/mol. The summed E-state index contributed by atoms with van der Waals surface area (Å²) in [6.45, 7) is 11.0. The molecule has 2 aromatic rings. The van der Waals surface area contributed by atoms with Crippen LogP contribution in [-0.4, -0.2) is 40.4 Å². The number of anilines is 1. The van der Waals surface area contributed by atoms with Crippen molar-refractivity contribution < 1.29 is 4.79 Å². The zero-order chi connectivity index (χ0) is 16.0. The van der Waals surface area contributed by atoms with Crippen molar-refractivity contribution in [1.82, 2.24) is 15.0 Å². The molecule has 0 radical (unpaired) electrons. The zero-order valence-electron chi connectivity index (χ0n) is 13.1. The molecule has 0 amide bonds. The van der Waals surface area contributed by atoms with Crippen LogP contribution in [0.15, 0.2) is 18.6 Å². The molecule has 0 bridgehead atoms. The summed E-state index contributed by atoms with van der Waals surface area (Å²) in [5.74, 6) is 1.63. The molecular weight excluding hydrogens is 290 g/mol. The Labute approximate surface area is 134 Å². The number of ketones is 1. The molecule has 4 rings (SSSR count). The average molecular weight is 309 g/mol. The van der Waals surface area contributed by atoms with Crippen LogP contribution in [0.25, 0.3) is 15.9 Å². The van der Waals surface area contributed by atoms with Crippen molar-refractivity contribution in [2.24, 2.45) is 17.3 Å². The molecule has 0 aromatic carbocycles. The fourth-order valence-corrected chi connectivity index (χ4v) is 4.48. The molecular formula is C17H19N5O. The number of nitrogens with zero attached hydrogens (tertiary/aromatic N) is 4. The first kappa shape index (κ1) is 14.2. The summed E-state index contributed by atoms with van der Waals surface area (Å²) < 4.78 is 0. The van der Waals surface area contributed by atoms with E-state index in [4.69, 9.17) is 6.57 Å². The van der Waals surface area contributed by atoms with Gasteiger partial charge in [0.2, 0.25) is 5.78 Å². The molecule has 2 aliphatic rings. The number of rotatable bonds is 3. The van der Waals surface area contributed by atoms with E-state index in [2.05, 4.69) is 31.6 Å². The number of carbonyl (C=O) groups is 1. The normalized spacial score (nSPS) is 29.7. The van der Waals surface area contributed by atoms with E-state index < -0.39 is 0 Å². The fraction of sp³-hybridized carbons (Fsp3) is 0.529. The molecule has 1 unspecified atom stereocenters. The minimum Gasteiger partial charge on any atom is -0.355 e. The molecule has 2 fully saturated rings. The first-order valence-corrected chi connectivity index (χ1v) is 8.04. The Bertz CT molecular complexity index is 807. The zero-order valence-corrected chi connectivity index (χ0v) is 13.1. The molecule has 1 spiro atoms. The lowest BCUT2D eigenvalue weighted by Gasteiger charge is -2.51. The number of H-pyrrole nitrogens is 1. The van der Waals surface area contributed by atoms with Crippen LogP contribution in [0.5, 0.6) is 0 Å². The van der Waals surface area contributed by atoms with Crippen LogP contribution >= 0.6 is 0 Å². The first-order chi connectivity index (χ1) is 11.2. The van der Waals surface area contributed by atoms with Crippen LogP contribution in [-0.2, 0) is 4.79 Å². The van der Waals surface area contributed by atoms with Gasteiger partial charge in [0.25, 0.3) is 6.54 Å². The highest BCUT2D eigenvalue weighted by Crippen LogP contribution is 2.57. The van der Waals surface area contributed by atoms with Crippen molar-refractivity contribution in [2.75, 3.05) is 24.5 Å². The van der Waals surface area contributed by atoms with E-state index in [1.54, 1.807) is 6.33 Å². The third-order valence-electron chi connectivity index (χ3n) is 5.85. The second-order valence-electron chi connectivity index (χ2n) is 6.81. The highest BCUT2D eigenvalue weighted by atomic mass is 16.1. The largest absolute Gasteiger partial charge is 0.355 e. The molecule has 1 saturated carbocycles. The number of carbonyl (C=O) groups excluding carboxylic acids is 1. The van der Waals surface area contributed by atoms with Gasteiger partial charge in [-0.05, 0) is 24.8 Å². The quantitative estimate of drug-likeness (QED) is 0.884. The average Bonchev–Trinajstić information content (AvgIpc) is 3.20. The van der Waals surface area contributed by atoms with Crippen LogP contribution in [0, 0.1) is 23.8 Å². The van der Waals surface area contributed by atoms with Crippen molar-refractivity contribution in [3.63, 3.8) is 0 Å². The molecule has 6 heteroatoms. The SMILES string of the molecule is [C-]#[N+]CC(=O)C1C[C@H](C)[C@@]12CCN(c1ncnc3[nH]ccc13)C2. The molecule has 118 valence electrons. The Hall–Kier alpha value is -2.42. The predicted octanol–water partition coefficient (Wildman–Crippen LogP) is 2.30. The van der Waals surface area contributed by atoms with Gasteiger partial charge in [0, 0.05) is 30.6 Å². The molecule has 3 heterocycles. The maximum atomic E-state index is 12.3. The lowest BCUT2D eigenvalue weighted by molar-refractivity contribution is -0.136. The number of Topliss-reactive ketones (excluding diaryl/α,β-unsaturated/α-hetero) is 1. The van der Waals surface area contributed by atoms with Crippen molar-refractivity contribution in [3.8, 4) is 0 Å². The van der Waals surface area contributed by atoms with Gasteiger partial charge in [0.1, 0.15) is 17.8 Å². The molecule has 1 saturated heterocycles. The van der Waals surface area contributed by atoms with E-state index in [1.807, 2.05) is 12.3 Å². The third kappa shape index (κ3) is 1.96. The van der Waals surface area contributed by atoms with E-state index in [0.717, 1.165) is 42.8 Å². The number of hydrogen-bond acceptors (Lipinski definition) is 4. The summed E-state index contributed by atoms with van der Waals surface area (Å²) in [6.07, 6.45) is 5.39. The van der Waals surface area contributed by atoms with Gasteiger partial charge in [-0.15, -0.1) is 0 Å². The number of aromatic nitrogens is 3. The topological polar surface area (TPSA) is 66.2 Å². The lowest BCUT2D eigenvalue weighted by Crippen LogP contribution is -2.53. The second kappa shape index (κ2) is 5.05. The summed E-state index contributed by atoms with van der Waals surface area (Å²) in [5.41, 5.74) is 0.869. The summed E-state index contributed by atoms with van der Waals surface area (Å²) in [7, 11) is 0.